The molecule has 2 unspecified atom stereocenters. The van der Waals surface area contributed by atoms with E-state index in [9.17, 15) is 14.0 Å². The van der Waals surface area contributed by atoms with Gasteiger partial charge in [-0.1, -0.05) is 32.9 Å². The maximum atomic E-state index is 13.1. The van der Waals surface area contributed by atoms with Crippen LogP contribution in [-0.4, -0.2) is 23.0 Å². The highest BCUT2D eigenvalue weighted by Crippen LogP contribution is 2.19. The van der Waals surface area contributed by atoms with E-state index in [0.29, 0.717) is 0 Å². The van der Waals surface area contributed by atoms with Crippen LogP contribution in [0.1, 0.15) is 38.7 Å². The largest absolute Gasteiger partial charge is 0.480 e. The SMILES string of the molecule is CC(CC(=O)NC(C(=O)O)C(C)C)c1cccc(F)c1. The van der Waals surface area contributed by atoms with Gasteiger partial charge < -0.3 is 10.4 Å². The van der Waals surface area contributed by atoms with E-state index in [-0.39, 0.29) is 30.0 Å². The van der Waals surface area contributed by atoms with Crippen molar-refractivity contribution in [3.8, 4) is 0 Å². The van der Waals surface area contributed by atoms with Crippen LogP contribution in [0, 0.1) is 11.7 Å². The number of aliphatic carboxylic acids is 1. The van der Waals surface area contributed by atoms with Crippen molar-refractivity contribution in [3.05, 3.63) is 35.6 Å². The standard InChI is InChI=1S/C15H20FNO3/c1-9(2)14(15(19)20)17-13(18)7-10(3)11-5-4-6-12(16)8-11/h4-6,8-10,14H,7H2,1-3H3,(H,17,18)(H,19,20). The van der Waals surface area contributed by atoms with E-state index < -0.39 is 12.0 Å². The minimum absolute atomic E-state index is 0.125. The van der Waals surface area contributed by atoms with Crippen molar-refractivity contribution in [1.82, 2.24) is 5.32 Å². The Kier molecular flexibility index (Phi) is 5.67. The number of amides is 1. The monoisotopic (exact) mass is 281 g/mol. The van der Waals surface area contributed by atoms with Crippen molar-refractivity contribution in [3.63, 3.8) is 0 Å². The number of hydrogen-bond donors (Lipinski definition) is 2. The summed E-state index contributed by atoms with van der Waals surface area (Å²) in [5, 5.41) is 11.5. The van der Waals surface area contributed by atoms with Crippen molar-refractivity contribution in [2.24, 2.45) is 5.92 Å². The summed E-state index contributed by atoms with van der Waals surface area (Å²) in [6.45, 7) is 5.27. The number of benzene rings is 1. The Balaban J connectivity index is 2.64. The molecule has 0 spiro atoms. The third-order valence-corrected chi connectivity index (χ3v) is 3.16. The summed E-state index contributed by atoms with van der Waals surface area (Å²) in [7, 11) is 0. The van der Waals surface area contributed by atoms with Gasteiger partial charge in [0.2, 0.25) is 5.91 Å². The Morgan fingerprint density at radius 1 is 1.30 bits per heavy atom. The second-order valence-corrected chi connectivity index (χ2v) is 5.29. The molecule has 4 nitrogen and oxygen atoms in total. The number of rotatable bonds is 6. The third-order valence-electron chi connectivity index (χ3n) is 3.16. The van der Waals surface area contributed by atoms with E-state index >= 15 is 0 Å². The molecule has 20 heavy (non-hydrogen) atoms. The Morgan fingerprint density at radius 2 is 1.95 bits per heavy atom. The maximum Gasteiger partial charge on any atom is 0.326 e. The minimum Gasteiger partial charge on any atom is -0.480 e. The maximum absolute atomic E-state index is 13.1. The van der Waals surface area contributed by atoms with Gasteiger partial charge in [0.25, 0.3) is 0 Å². The fourth-order valence-corrected chi connectivity index (χ4v) is 1.95. The van der Waals surface area contributed by atoms with Gasteiger partial charge in [0, 0.05) is 6.42 Å². The number of hydrogen-bond acceptors (Lipinski definition) is 2. The van der Waals surface area contributed by atoms with E-state index in [1.54, 1.807) is 32.9 Å². The molecule has 0 aromatic heterocycles. The molecule has 110 valence electrons. The van der Waals surface area contributed by atoms with E-state index in [0.717, 1.165) is 5.56 Å². The van der Waals surface area contributed by atoms with E-state index in [1.165, 1.54) is 12.1 Å². The number of carboxylic acid groups (broad SMARTS) is 1. The summed E-state index contributed by atoms with van der Waals surface area (Å²) < 4.78 is 13.1. The first-order valence-corrected chi connectivity index (χ1v) is 6.59. The Hall–Kier alpha value is -1.91. The smallest absolute Gasteiger partial charge is 0.326 e. The highest BCUT2D eigenvalue weighted by molar-refractivity contribution is 5.84. The molecule has 0 aliphatic carbocycles. The second kappa shape index (κ2) is 7.03. The predicted molar refractivity (Wildman–Crippen MR) is 73.8 cm³/mol. The Labute approximate surface area is 118 Å². The first kappa shape index (κ1) is 16.1. The van der Waals surface area contributed by atoms with Crippen molar-refractivity contribution in [1.29, 1.82) is 0 Å². The van der Waals surface area contributed by atoms with Crippen LogP contribution in [0.25, 0.3) is 0 Å². The van der Waals surface area contributed by atoms with Crippen molar-refractivity contribution < 1.29 is 19.1 Å². The molecule has 0 aliphatic heterocycles. The highest BCUT2D eigenvalue weighted by Gasteiger charge is 2.24. The van der Waals surface area contributed by atoms with Gasteiger partial charge in [0.15, 0.2) is 0 Å². The molecular formula is C15H20FNO3. The number of carbonyl (C=O) groups is 2. The molecule has 1 amide bonds. The number of carbonyl (C=O) groups excluding carboxylic acids is 1. The fraction of sp³-hybridized carbons (Fsp3) is 0.467. The van der Waals surface area contributed by atoms with Crippen molar-refractivity contribution in [2.45, 2.75) is 39.2 Å². The van der Waals surface area contributed by atoms with Gasteiger partial charge in [0.1, 0.15) is 11.9 Å². The molecule has 1 aromatic rings. The molecule has 0 bridgehead atoms. The van der Waals surface area contributed by atoms with Gasteiger partial charge in [-0.2, -0.15) is 0 Å². The lowest BCUT2D eigenvalue weighted by molar-refractivity contribution is -0.143. The average Bonchev–Trinajstić information content (AvgIpc) is 2.35. The number of carboxylic acids is 1. The number of nitrogens with one attached hydrogen (secondary N) is 1. The third kappa shape index (κ3) is 4.64. The average molecular weight is 281 g/mol. The Morgan fingerprint density at radius 3 is 2.45 bits per heavy atom. The lowest BCUT2D eigenvalue weighted by Gasteiger charge is -2.19. The molecule has 0 fully saturated rings. The van der Waals surface area contributed by atoms with Crippen molar-refractivity contribution >= 4 is 11.9 Å². The summed E-state index contributed by atoms with van der Waals surface area (Å²) in [6.07, 6.45) is 0.125. The summed E-state index contributed by atoms with van der Waals surface area (Å²) in [6, 6.07) is 5.16. The zero-order valence-electron chi connectivity index (χ0n) is 11.9. The topological polar surface area (TPSA) is 66.4 Å². The number of halogens is 1. The highest BCUT2D eigenvalue weighted by atomic mass is 19.1. The van der Waals surface area contributed by atoms with E-state index in [4.69, 9.17) is 5.11 Å². The van der Waals surface area contributed by atoms with Crippen LogP contribution in [0.2, 0.25) is 0 Å². The molecule has 1 rings (SSSR count). The summed E-state index contributed by atoms with van der Waals surface area (Å²) in [4.78, 5) is 22.9. The van der Waals surface area contributed by atoms with Crippen LogP contribution >= 0.6 is 0 Å². The van der Waals surface area contributed by atoms with Crippen LogP contribution < -0.4 is 5.32 Å². The molecule has 0 saturated carbocycles. The van der Waals surface area contributed by atoms with Crippen LogP contribution in [-0.2, 0) is 9.59 Å². The second-order valence-electron chi connectivity index (χ2n) is 5.29. The van der Waals surface area contributed by atoms with Gasteiger partial charge in [-0.05, 0) is 29.5 Å². The molecule has 2 N–H and O–H groups in total. The zero-order valence-corrected chi connectivity index (χ0v) is 11.9. The van der Waals surface area contributed by atoms with Gasteiger partial charge >= 0.3 is 5.97 Å². The first-order chi connectivity index (χ1) is 9.31. The van der Waals surface area contributed by atoms with Gasteiger partial charge in [-0.25, -0.2) is 9.18 Å². The molecule has 1 aromatic carbocycles. The lowest BCUT2D eigenvalue weighted by Crippen LogP contribution is -2.44. The molecule has 0 heterocycles. The van der Waals surface area contributed by atoms with Crippen molar-refractivity contribution in [2.75, 3.05) is 0 Å². The lowest BCUT2D eigenvalue weighted by atomic mass is 9.96. The summed E-state index contributed by atoms with van der Waals surface area (Å²) in [5.41, 5.74) is 0.719. The van der Waals surface area contributed by atoms with Crippen LogP contribution in [0.15, 0.2) is 24.3 Å². The van der Waals surface area contributed by atoms with Gasteiger partial charge in [-0.3, -0.25) is 4.79 Å². The minimum atomic E-state index is -1.05. The molecule has 2 atom stereocenters. The summed E-state index contributed by atoms with van der Waals surface area (Å²) in [5.74, 6) is -2.11. The van der Waals surface area contributed by atoms with Crippen LogP contribution in [0.3, 0.4) is 0 Å². The normalized spacial score (nSPS) is 13.8. The van der Waals surface area contributed by atoms with Gasteiger partial charge in [0.05, 0.1) is 0 Å². The fourth-order valence-electron chi connectivity index (χ4n) is 1.95. The molecular weight excluding hydrogens is 261 g/mol. The first-order valence-electron chi connectivity index (χ1n) is 6.59. The molecule has 0 saturated heterocycles. The Bertz CT molecular complexity index is 488. The van der Waals surface area contributed by atoms with Gasteiger partial charge in [-0.15, -0.1) is 0 Å². The van der Waals surface area contributed by atoms with E-state index in [2.05, 4.69) is 5.32 Å². The van der Waals surface area contributed by atoms with Crippen LogP contribution in [0.4, 0.5) is 4.39 Å². The molecule has 0 aliphatic rings. The summed E-state index contributed by atoms with van der Waals surface area (Å²) >= 11 is 0. The molecule has 0 radical (unpaired) electrons. The zero-order chi connectivity index (χ0) is 15.3. The molecule has 5 heteroatoms. The predicted octanol–water partition coefficient (Wildman–Crippen LogP) is 2.54. The van der Waals surface area contributed by atoms with E-state index in [1.807, 2.05) is 0 Å². The quantitative estimate of drug-likeness (QED) is 0.842. The van der Waals surface area contributed by atoms with Crippen LogP contribution in [0.5, 0.6) is 0 Å².